The highest BCUT2D eigenvalue weighted by Crippen LogP contribution is 2.23. The lowest BCUT2D eigenvalue weighted by Crippen LogP contribution is -2.40. The van der Waals surface area contributed by atoms with Gasteiger partial charge in [-0.05, 0) is 31.7 Å². The zero-order valence-electron chi connectivity index (χ0n) is 9.07. The number of aromatic nitrogens is 2. The maximum Gasteiger partial charge on any atom is 0.264 e. The molecule has 1 N–H and O–H groups in total. The molecule has 82 valence electrons. The summed E-state index contributed by atoms with van der Waals surface area (Å²) in [7, 11) is 0. The van der Waals surface area contributed by atoms with E-state index in [1.54, 1.807) is 6.07 Å². The van der Waals surface area contributed by atoms with E-state index in [9.17, 15) is 4.79 Å². The smallest absolute Gasteiger partial charge is 0.264 e. The van der Waals surface area contributed by atoms with Gasteiger partial charge in [0.1, 0.15) is 5.82 Å². The molecule has 0 radical (unpaired) electrons. The summed E-state index contributed by atoms with van der Waals surface area (Å²) in [5.74, 6) is 0.904. The van der Waals surface area contributed by atoms with Crippen molar-refractivity contribution in [2.75, 3.05) is 11.4 Å². The summed E-state index contributed by atoms with van der Waals surface area (Å²) >= 11 is 0. The maximum atomic E-state index is 10.9. The summed E-state index contributed by atoms with van der Waals surface area (Å²) in [6.45, 7) is 3.26. The van der Waals surface area contributed by atoms with Crippen molar-refractivity contribution >= 4 is 5.82 Å². The van der Waals surface area contributed by atoms with Gasteiger partial charge in [0.25, 0.3) is 5.56 Å². The van der Waals surface area contributed by atoms with Gasteiger partial charge < -0.3 is 4.90 Å². The third-order valence-electron chi connectivity index (χ3n) is 3.06. The number of anilines is 1. The Hall–Kier alpha value is -1.32. The molecule has 1 saturated heterocycles. The number of aromatic amines is 1. The van der Waals surface area contributed by atoms with E-state index in [-0.39, 0.29) is 5.56 Å². The second-order valence-electron chi connectivity index (χ2n) is 4.03. The highest BCUT2D eigenvalue weighted by atomic mass is 16.1. The molecule has 0 spiro atoms. The van der Waals surface area contributed by atoms with Crippen LogP contribution in [0.2, 0.25) is 0 Å². The summed E-state index contributed by atoms with van der Waals surface area (Å²) in [6, 6.07) is 3.94. The van der Waals surface area contributed by atoms with Crippen LogP contribution in [0.15, 0.2) is 16.9 Å². The molecule has 15 heavy (non-hydrogen) atoms. The van der Waals surface area contributed by atoms with Crippen molar-refractivity contribution in [2.45, 2.75) is 38.6 Å². The minimum Gasteiger partial charge on any atom is -0.352 e. The summed E-state index contributed by atoms with van der Waals surface area (Å²) in [5.41, 5.74) is -0.135. The molecule has 0 bridgehead atoms. The molecular formula is C11H17N3O. The predicted octanol–water partition coefficient (Wildman–Crippen LogP) is 1.54. The minimum atomic E-state index is -0.135. The Morgan fingerprint density at radius 1 is 1.53 bits per heavy atom. The number of H-pyrrole nitrogens is 1. The van der Waals surface area contributed by atoms with E-state index in [2.05, 4.69) is 22.0 Å². The average molecular weight is 207 g/mol. The molecule has 0 aromatic carbocycles. The van der Waals surface area contributed by atoms with Gasteiger partial charge >= 0.3 is 0 Å². The van der Waals surface area contributed by atoms with E-state index in [4.69, 9.17) is 0 Å². The Morgan fingerprint density at radius 2 is 2.40 bits per heavy atom. The van der Waals surface area contributed by atoms with E-state index in [1.165, 1.54) is 19.3 Å². The van der Waals surface area contributed by atoms with Gasteiger partial charge in [-0.3, -0.25) is 4.79 Å². The Labute approximate surface area is 89.3 Å². The van der Waals surface area contributed by atoms with Crippen LogP contribution in [0.4, 0.5) is 5.82 Å². The first-order chi connectivity index (χ1) is 7.31. The van der Waals surface area contributed by atoms with E-state index in [0.29, 0.717) is 6.04 Å². The van der Waals surface area contributed by atoms with Gasteiger partial charge in [-0.2, -0.15) is 5.10 Å². The zero-order chi connectivity index (χ0) is 10.7. The minimum absolute atomic E-state index is 0.135. The van der Waals surface area contributed by atoms with E-state index in [0.717, 1.165) is 18.8 Å². The quantitative estimate of drug-likeness (QED) is 0.800. The molecule has 0 aliphatic carbocycles. The van der Waals surface area contributed by atoms with Crippen molar-refractivity contribution in [3.63, 3.8) is 0 Å². The highest BCUT2D eigenvalue weighted by Gasteiger charge is 2.21. The predicted molar refractivity (Wildman–Crippen MR) is 60.1 cm³/mol. The van der Waals surface area contributed by atoms with Gasteiger partial charge in [0.05, 0.1) is 0 Å². The van der Waals surface area contributed by atoms with Gasteiger partial charge in [0, 0.05) is 18.7 Å². The first-order valence-electron chi connectivity index (χ1n) is 5.63. The lowest BCUT2D eigenvalue weighted by atomic mass is 10.0. The normalized spacial score (nSPS) is 21.7. The number of nitrogens with one attached hydrogen (secondary N) is 1. The van der Waals surface area contributed by atoms with Crippen LogP contribution >= 0.6 is 0 Å². The van der Waals surface area contributed by atoms with Crippen molar-refractivity contribution in [3.8, 4) is 0 Å². The Balaban J connectivity index is 2.20. The Kier molecular flexibility index (Phi) is 3.04. The highest BCUT2D eigenvalue weighted by molar-refractivity contribution is 5.38. The summed E-state index contributed by atoms with van der Waals surface area (Å²) in [6.07, 6.45) is 4.90. The number of hydrogen-bond donors (Lipinski definition) is 1. The molecular weight excluding hydrogens is 190 g/mol. The third kappa shape index (κ3) is 2.19. The van der Waals surface area contributed by atoms with Crippen molar-refractivity contribution in [2.24, 2.45) is 0 Å². The van der Waals surface area contributed by atoms with Gasteiger partial charge in [-0.15, -0.1) is 0 Å². The van der Waals surface area contributed by atoms with E-state index in [1.807, 2.05) is 6.07 Å². The molecule has 4 nitrogen and oxygen atoms in total. The van der Waals surface area contributed by atoms with Gasteiger partial charge in [0.15, 0.2) is 0 Å². The monoisotopic (exact) mass is 207 g/mol. The van der Waals surface area contributed by atoms with Gasteiger partial charge in [0.2, 0.25) is 0 Å². The van der Waals surface area contributed by atoms with Crippen LogP contribution < -0.4 is 10.5 Å². The van der Waals surface area contributed by atoms with Crippen LogP contribution in [-0.4, -0.2) is 22.8 Å². The topological polar surface area (TPSA) is 49.0 Å². The van der Waals surface area contributed by atoms with Crippen LogP contribution in [-0.2, 0) is 0 Å². The Morgan fingerprint density at radius 3 is 3.07 bits per heavy atom. The van der Waals surface area contributed by atoms with Crippen LogP contribution in [0.3, 0.4) is 0 Å². The van der Waals surface area contributed by atoms with Crippen molar-refractivity contribution in [1.29, 1.82) is 0 Å². The van der Waals surface area contributed by atoms with Gasteiger partial charge in [-0.25, -0.2) is 5.10 Å². The first kappa shape index (κ1) is 10.2. The number of nitrogens with zero attached hydrogens (tertiary/aromatic N) is 2. The molecule has 1 aromatic rings. The van der Waals surface area contributed by atoms with Crippen LogP contribution in [0.5, 0.6) is 0 Å². The lowest BCUT2D eigenvalue weighted by Gasteiger charge is -2.35. The maximum absolute atomic E-state index is 10.9. The molecule has 0 amide bonds. The van der Waals surface area contributed by atoms with Crippen molar-refractivity contribution < 1.29 is 0 Å². The summed E-state index contributed by atoms with van der Waals surface area (Å²) < 4.78 is 0. The largest absolute Gasteiger partial charge is 0.352 e. The average Bonchev–Trinajstić information content (AvgIpc) is 2.30. The molecule has 1 aromatic heterocycles. The Bertz CT molecular complexity index is 354. The third-order valence-corrected chi connectivity index (χ3v) is 3.06. The lowest BCUT2D eigenvalue weighted by molar-refractivity contribution is 0.445. The van der Waals surface area contributed by atoms with E-state index < -0.39 is 0 Å². The molecule has 4 heteroatoms. The van der Waals surface area contributed by atoms with Crippen molar-refractivity contribution in [1.82, 2.24) is 10.2 Å². The number of rotatable bonds is 2. The molecule has 1 atom stereocenters. The van der Waals surface area contributed by atoms with E-state index >= 15 is 0 Å². The molecule has 1 fully saturated rings. The first-order valence-corrected chi connectivity index (χ1v) is 5.63. The fraction of sp³-hybridized carbons (Fsp3) is 0.636. The number of hydrogen-bond acceptors (Lipinski definition) is 3. The molecule has 1 aliphatic rings. The van der Waals surface area contributed by atoms with Crippen molar-refractivity contribution in [3.05, 3.63) is 22.5 Å². The molecule has 2 heterocycles. The SMILES string of the molecule is CC[C@H]1CCCCN1c1ccc(=O)[nH]n1. The zero-order valence-corrected chi connectivity index (χ0v) is 9.07. The standard InChI is InChI=1S/C11H17N3O/c1-2-9-5-3-4-8-14(9)10-6-7-11(15)13-12-10/h6-7,9H,2-5,8H2,1H3,(H,13,15)/t9-/m0/s1. The van der Waals surface area contributed by atoms with Gasteiger partial charge in [-0.1, -0.05) is 6.92 Å². The van der Waals surface area contributed by atoms with Crippen LogP contribution in [0.25, 0.3) is 0 Å². The fourth-order valence-corrected chi connectivity index (χ4v) is 2.22. The number of piperidine rings is 1. The summed E-state index contributed by atoms with van der Waals surface area (Å²) in [4.78, 5) is 13.2. The van der Waals surface area contributed by atoms with Crippen LogP contribution in [0.1, 0.15) is 32.6 Å². The second kappa shape index (κ2) is 4.47. The molecule has 0 saturated carbocycles. The fourth-order valence-electron chi connectivity index (χ4n) is 2.22. The molecule has 1 aliphatic heterocycles. The second-order valence-corrected chi connectivity index (χ2v) is 4.03. The summed E-state index contributed by atoms with van der Waals surface area (Å²) in [5, 5.41) is 6.58. The molecule has 2 rings (SSSR count). The molecule has 0 unspecified atom stereocenters. The van der Waals surface area contributed by atoms with Crippen LogP contribution in [0, 0.1) is 0 Å².